The highest BCUT2D eigenvalue weighted by molar-refractivity contribution is 9.10. The summed E-state index contributed by atoms with van der Waals surface area (Å²) in [5.74, 6) is 0.915. The lowest BCUT2D eigenvalue weighted by Gasteiger charge is -2.17. The van der Waals surface area contributed by atoms with Crippen molar-refractivity contribution in [2.75, 3.05) is 32.8 Å². The fourth-order valence-electron chi connectivity index (χ4n) is 2.13. The number of nitrogens with zero attached hydrogens (tertiary/aromatic N) is 1. The van der Waals surface area contributed by atoms with Crippen LogP contribution in [0, 0.1) is 0 Å². The van der Waals surface area contributed by atoms with E-state index in [1.54, 1.807) is 0 Å². The van der Waals surface area contributed by atoms with Gasteiger partial charge < -0.3 is 15.0 Å². The molecule has 0 amide bonds. The van der Waals surface area contributed by atoms with Gasteiger partial charge in [0, 0.05) is 6.54 Å². The third-order valence-electron chi connectivity index (χ3n) is 3.35. The second-order valence-corrected chi connectivity index (χ2v) is 5.61. The Labute approximate surface area is 156 Å². The van der Waals surface area contributed by atoms with Gasteiger partial charge in [-0.3, -0.25) is 0 Å². The standard InChI is InChI=1S/C16H27BrN2O.2ClH/c1-4-19(5-2)11-7-10-18-13-14-8-9-16(20-6-3)15(17)12-14;;/h8-9,12,18H,4-7,10-11,13H2,1-3H3;2*1H. The van der Waals surface area contributed by atoms with E-state index in [9.17, 15) is 0 Å². The Kier molecular flexibility index (Phi) is 16.1. The zero-order valence-electron chi connectivity index (χ0n) is 13.7. The Hall–Kier alpha value is -0.000000000000000111. The second-order valence-electron chi connectivity index (χ2n) is 4.75. The van der Waals surface area contributed by atoms with E-state index in [1.165, 1.54) is 18.5 Å². The van der Waals surface area contributed by atoms with Crippen molar-refractivity contribution in [3.05, 3.63) is 28.2 Å². The van der Waals surface area contributed by atoms with Crippen molar-refractivity contribution >= 4 is 40.7 Å². The monoisotopic (exact) mass is 414 g/mol. The molecule has 22 heavy (non-hydrogen) atoms. The molecule has 0 unspecified atom stereocenters. The maximum Gasteiger partial charge on any atom is 0.133 e. The van der Waals surface area contributed by atoms with Crippen molar-refractivity contribution in [1.29, 1.82) is 0 Å². The number of ether oxygens (including phenoxy) is 1. The van der Waals surface area contributed by atoms with Crippen LogP contribution < -0.4 is 10.1 Å². The zero-order chi connectivity index (χ0) is 14.8. The first-order valence-electron chi connectivity index (χ1n) is 7.55. The molecular formula is C16H29BrCl2N2O. The largest absolute Gasteiger partial charge is 0.493 e. The van der Waals surface area contributed by atoms with Crippen LogP contribution in [0.15, 0.2) is 22.7 Å². The average Bonchev–Trinajstić information content (AvgIpc) is 2.46. The molecule has 1 aromatic carbocycles. The van der Waals surface area contributed by atoms with Gasteiger partial charge >= 0.3 is 0 Å². The van der Waals surface area contributed by atoms with Crippen molar-refractivity contribution in [3.8, 4) is 5.75 Å². The Balaban J connectivity index is 0. The molecule has 0 aliphatic rings. The van der Waals surface area contributed by atoms with Gasteiger partial charge in [0.1, 0.15) is 5.75 Å². The molecule has 0 saturated carbocycles. The lowest BCUT2D eigenvalue weighted by atomic mass is 10.2. The molecule has 0 bridgehead atoms. The van der Waals surface area contributed by atoms with Crippen molar-refractivity contribution in [1.82, 2.24) is 10.2 Å². The van der Waals surface area contributed by atoms with Crippen LogP contribution >= 0.6 is 40.7 Å². The van der Waals surface area contributed by atoms with Crippen molar-refractivity contribution in [2.24, 2.45) is 0 Å². The molecule has 0 aliphatic heterocycles. The third-order valence-corrected chi connectivity index (χ3v) is 3.97. The number of rotatable bonds is 10. The van der Waals surface area contributed by atoms with Gasteiger partial charge in [0.2, 0.25) is 0 Å². The zero-order valence-corrected chi connectivity index (χ0v) is 17.0. The van der Waals surface area contributed by atoms with E-state index in [1.807, 2.05) is 13.0 Å². The maximum atomic E-state index is 5.51. The van der Waals surface area contributed by atoms with E-state index in [-0.39, 0.29) is 24.8 Å². The van der Waals surface area contributed by atoms with Crippen molar-refractivity contribution < 1.29 is 4.74 Å². The fraction of sp³-hybridized carbons (Fsp3) is 0.625. The number of nitrogens with one attached hydrogen (secondary N) is 1. The predicted molar refractivity (Wildman–Crippen MR) is 104 cm³/mol. The molecule has 1 aromatic rings. The summed E-state index contributed by atoms with van der Waals surface area (Å²) in [6.07, 6.45) is 1.19. The topological polar surface area (TPSA) is 24.5 Å². The fourth-order valence-corrected chi connectivity index (χ4v) is 2.67. The summed E-state index contributed by atoms with van der Waals surface area (Å²) in [5.41, 5.74) is 1.28. The van der Waals surface area contributed by atoms with Crippen LogP contribution in [0.2, 0.25) is 0 Å². The molecule has 3 nitrogen and oxygen atoms in total. The van der Waals surface area contributed by atoms with Crippen LogP contribution in [-0.4, -0.2) is 37.7 Å². The van der Waals surface area contributed by atoms with E-state index in [4.69, 9.17) is 4.74 Å². The molecule has 0 spiro atoms. The smallest absolute Gasteiger partial charge is 0.133 e. The predicted octanol–water partition coefficient (Wildman–Crippen LogP) is 4.51. The molecule has 1 N–H and O–H groups in total. The first kappa shape index (κ1) is 24.3. The minimum absolute atomic E-state index is 0. The number of benzene rings is 1. The van der Waals surface area contributed by atoms with Crippen molar-refractivity contribution in [2.45, 2.75) is 33.7 Å². The minimum Gasteiger partial charge on any atom is -0.493 e. The van der Waals surface area contributed by atoms with Crippen molar-refractivity contribution in [3.63, 3.8) is 0 Å². The lowest BCUT2D eigenvalue weighted by Crippen LogP contribution is -2.27. The van der Waals surface area contributed by atoms with Gasteiger partial charge in [-0.2, -0.15) is 0 Å². The van der Waals surface area contributed by atoms with Gasteiger partial charge in [0.25, 0.3) is 0 Å². The van der Waals surface area contributed by atoms with Gasteiger partial charge in [-0.15, -0.1) is 24.8 Å². The van der Waals surface area contributed by atoms with Gasteiger partial charge in [-0.05, 0) is 73.1 Å². The molecule has 0 saturated heterocycles. The summed E-state index contributed by atoms with van der Waals surface area (Å²) >= 11 is 3.55. The second kappa shape index (κ2) is 14.6. The average molecular weight is 416 g/mol. The van der Waals surface area contributed by atoms with Crippen LogP contribution in [0.5, 0.6) is 5.75 Å². The van der Waals surface area contributed by atoms with Gasteiger partial charge in [0.15, 0.2) is 0 Å². The summed E-state index contributed by atoms with van der Waals surface area (Å²) in [4.78, 5) is 2.45. The summed E-state index contributed by atoms with van der Waals surface area (Å²) in [6, 6.07) is 6.27. The summed E-state index contributed by atoms with van der Waals surface area (Å²) in [7, 11) is 0. The molecule has 0 atom stereocenters. The number of halogens is 3. The van der Waals surface area contributed by atoms with Gasteiger partial charge in [-0.25, -0.2) is 0 Å². The van der Waals surface area contributed by atoms with Crippen LogP contribution in [0.3, 0.4) is 0 Å². The van der Waals surface area contributed by atoms with Crippen LogP contribution in [0.25, 0.3) is 0 Å². The summed E-state index contributed by atoms with van der Waals surface area (Å²) in [5, 5.41) is 3.50. The highest BCUT2D eigenvalue weighted by Gasteiger charge is 2.02. The normalized spacial score (nSPS) is 10.0. The Morgan fingerprint density at radius 1 is 1.14 bits per heavy atom. The molecule has 1 rings (SSSR count). The van der Waals surface area contributed by atoms with Crippen LogP contribution in [0.4, 0.5) is 0 Å². The summed E-state index contributed by atoms with van der Waals surface area (Å²) < 4.78 is 6.54. The molecule has 0 radical (unpaired) electrons. The van der Waals surface area contributed by atoms with E-state index in [2.05, 4.69) is 52.1 Å². The van der Waals surface area contributed by atoms with E-state index >= 15 is 0 Å². The van der Waals surface area contributed by atoms with Gasteiger partial charge in [-0.1, -0.05) is 19.9 Å². The third kappa shape index (κ3) is 9.21. The van der Waals surface area contributed by atoms with E-state index in [0.29, 0.717) is 6.61 Å². The highest BCUT2D eigenvalue weighted by atomic mass is 79.9. The molecule has 0 heterocycles. The van der Waals surface area contributed by atoms with Crippen LogP contribution in [0.1, 0.15) is 32.8 Å². The minimum atomic E-state index is 0. The molecular weight excluding hydrogens is 387 g/mol. The number of hydrogen-bond donors (Lipinski definition) is 1. The molecule has 0 aromatic heterocycles. The highest BCUT2D eigenvalue weighted by Crippen LogP contribution is 2.25. The Morgan fingerprint density at radius 2 is 1.82 bits per heavy atom. The maximum absolute atomic E-state index is 5.51. The first-order valence-corrected chi connectivity index (χ1v) is 8.34. The number of hydrogen-bond acceptors (Lipinski definition) is 3. The molecule has 0 aliphatic carbocycles. The van der Waals surface area contributed by atoms with Gasteiger partial charge in [0.05, 0.1) is 11.1 Å². The molecule has 130 valence electrons. The quantitative estimate of drug-likeness (QED) is 0.568. The van der Waals surface area contributed by atoms with E-state index < -0.39 is 0 Å². The Bertz CT molecular complexity index is 390. The van der Waals surface area contributed by atoms with E-state index in [0.717, 1.165) is 36.4 Å². The molecule has 0 fully saturated rings. The summed E-state index contributed by atoms with van der Waals surface area (Å²) in [6.45, 7) is 12.5. The first-order chi connectivity index (χ1) is 9.71. The Morgan fingerprint density at radius 3 is 2.36 bits per heavy atom. The SMILES string of the molecule is CCOc1ccc(CNCCCN(CC)CC)cc1Br.Cl.Cl. The lowest BCUT2D eigenvalue weighted by molar-refractivity contribution is 0.298. The molecule has 6 heteroatoms. The van der Waals surface area contributed by atoms with Crippen LogP contribution in [-0.2, 0) is 6.54 Å².